The maximum absolute atomic E-state index is 13.1. The van der Waals surface area contributed by atoms with E-state index in [-0.39, 0.29) is 17.3 Å². The van der Waals surface area contributed by atoms with Gasteiger partial charge in [0.1, 0.15) is 0 Å². The lowest BCUT2D eigenvalue weighted by atomic mass is 9.98. The third-order valence-electron chi connectivity index (χ3n) is 6.68. The van der Waals surface area contributed by atoms with Gasteiger partial charge in [0, 0.05) is 44.2 Å². The fourth-order valence-electron chi connectivity index (χ4n) is 4.47. The Bertz CT molecular complexity index is 1350. The zero-order valence-electron chi connectivity index (χ0n) is 18.7. The van der Waals surface area contributed by atoms with E-state index in [1.165, 1.54) is 4.31 Å². The Hall–Kier alpha value is -2.82. The molecular weight excluding hydrogens is 442 g/mol. The summed E-state index contributed by atoms with van der Waals surface area (Å²) in [6.45, 7) is 6.16. The second-order valence-corrected chi connectivity index (χ2v) is 10.8. The number of sulfonamides is 1. The molecule has 4 heterocycles. The molecule has 3 aromatic rings. The Morgan fingerprint density at radius 1 is 1.12 bits per heavy atom. The van der Waals surface area contributed by atoms with Crippen LogP contribution in [0.15, 0.2) is 38.5 Å². The van der Waals surface area contributed by atoms with Gasteiger partial charge in [-0.3, -0.25) is 4.79 Å². The summed E-state index contributed by atoms with van der Waals surface area (Å²) in [5.41, 5.74) is 4.17. The molecule has 9 nitrogen and oxygen atoms in total. The van der Waals surface area contributed by atoms with Crippen LogP contribution in [0.1, 0.15) is 47.0 Å². The van der Waals surface area contributed by atoms with E-state index in [1.807, 2.05) is 26.0 Å². The summed E-state index contributed by atoms with van der Waals surface area (Å²) < 4.78 is 33.2. The summed E-state index contributed by atoms with van der Waals surface area (Å²) in [5.74, 6) is 0.670. The molecule has 2 aliphatic rings. The Labute approximate surface area is 192 Å². The molecule has 0 radical (unpaired) electrons. The number of H-pyrrole nitrogens is 1. The number of nitrogens with zero attached hydrogens (tertiary/aromatic N) is 3. The molecule has 0 bridgehead atoms. The number of benzene rings is 1. The Balaban J connectivity index is 1.31. The second kappa shape index (κ2) is 8.51. The van der Waals surface area contributed by atoms with Crippen LogP contribution in [0.3, 0.4) is 0 Å². The van der Waals surface area contributed by atoms with E-state index in [1.54, 1.807) is 12.1 Å². The number of nitrogens with one attached hydrogen (secondary N) is 2. The van der Waals surface area contributed by atoms with Crippen LogP contribution >= 0.6 is 0 Å². The maximum Gasteiger partial charge on any atom is 0.259 e. The number of piperidine rings is 1. The third-order valence-corrected chi connectivity index (χ3v) is 8.58. The van der Waals surface area contributed by atoms with E-state index < -0.39 is 10.0 Å². The topological polar surface area (TPSA) is 121 Å². The standard InChI is InChI=1S/C23H27N5O4S/c1-14-3-4-18(11-15(14)2)33(30,31)28-9-6-16(7-10-28)23-26-21(27-32-23)19-12-17-13-24-8-5-20(17)25-22(19)29/h3-4,11-12,16,24H,5-10,13H2,1-2H3,(H,25,29). The number of rotatable bonds is 4. The number of fused-ring (bicyclic) bond motifs is 1. The first kappa shape index (κ1) is 22.0. The average Bonchev–Trinajstić information content (AvgIpc) is 3.30. The molecule has 0 spiro atoms. The maximum atomic E-state index is 13.1. The molecule has 10 heteroatoms. The van der Waals surface area contributed by atoms with Gasteiger partial charge in [0.2, 0.25) is 21.7 Å². The molecule has 0 unspecified atom stereocenters. The van der Waals surface area contributed by atoms with E-state index in [4.69, 9.17) is 4.52 Å². The highest BCUT2D eigenvalue weighted by Gasteiger charge is 2.32. The summed E-state index contributed by atoms with van der Waals surface area (Å²) in [5, 5.41) is 7.34. The molecule has 33 heavy (non-hydrogen) atoms. The van der Waals surface area contributed by atoms with Crippen molar-refractivity contribution in [3.63, 3.8) is 0 Å². The summed E-state index contributed by atoms with van der Waals surface area (Å²) in [6.07, 6.45) is 1.94. The lowest BCUT2D eigenvalue weighted by Gasteiger charge is -2.29. The van der Waals surface area contributed by atoms with Gasteiger partial charge >= 0.3 is 0 Å². The van der Waals surface area contributed by atoms with Crippen molar-refractivity contribution in [1.29, 1.82) is 0 Å². The van der Waals surface area contributed by atoms with Crippen LogP contribution in [-0.4, -0.2) is 47.5 Å². The van der Waals surface area contributed by atoms with E-state index in [0.29, 0.717) is 48.8 Å². The van der Waals surface area contributed by atoms with Crippen LogP contribution in [0.5, 0.6) is 0 Å². The van der Waals surface area contributed by atoms with Gasteiger partial charge < -0.3 is 14.8 Å². The zero-order valence-corrected chi connectivity index (χ0v) is 19.5. The number of hydrogen-bond donors (Lipinski definition) is 2. The highest BCUT2D eigenvalue weighted by Crippen LogP contribution is 2.31. The van der Waals surface area contributed by atoms with Crippen LogP contribution in [0.25, 0.3) is 11.4 Å². The quantitative estimate of drug-likeness (QED) is 0.601. The fraction of sp³-hybridized carbons (Fsp3) is 0.435. The molecule has 0 atom stereocenters. The van der Waals surface area contributed by atoms with Gasteiger partial charge in [-0.15, -0.1) is 0 Å². The van der Waals surface area contributed by atoms with E-state index >= 15 is 0 Å². The highest BCUT2D eigenvalue weighted by atomic mass is 32.2. The smallest absolute Gasteiger partial charge is 0.259 e. The average molecular weight is 470 g/mol. The SMILES string of the molecule is Cc1ccc(S(=O)(=O)N2CCC(c3nc(-c4cc5c([nH]c4=O)CCNC5)no3)CC2)cc1C. The normalized spacial score (nSPS) is 17.8. The number of aryl methyl sites for hydroxylation is 2. The zero-order chi connectivity index (χ0) is 23.2. The summed E-state index contributed by atoms with van der Waals surface area (Å²) >= 11 is 0. The molecule has 0 amide bonds. The fourth-order valence-corrected chi connectivity index (χ4v) is 6.03. The Morgan fingerprint density at radius 3 is 2.67 bits per heavy atom. The molecule has 2 N–H and O–H groups in total. The largest absolute Gasteiger partial charge is 0.339 e. The van der Waals surface area contributed by atoms with Gasteiger partial charge in [0.25, 0.3) is 5.56 Å². The lowest BCUT2D eigenvalue weighted by molar-refractivity contribution is 0.271. The Morgan fingerprint density at radius 2 is 1.91 bits per heavy atom. The van der Waals surface area contributed by atoms with Crippen molar-refractivity contribution in [2.75, 3.05) is 19.6 Å². The van der Waals surface area contributed by atoms with Crippen molar-refractivity contribution >= 4 is 10.0 Å². The first-order valence-corrected chi connectivity index (χ1v) is 12.6. The van der Waals surface area contributed by atoms with Gasteiger partial charge in [-0.2, -0.15) is 9.29 Å². The van der Waals surface area contributed by atoms with Crippen molar-refractivity contribution < 1.29 is 12.9 Å². The van der Waals surface area contributed by atoms with Crippen molar-refractivity contribution in [2.45, 2.75) is 50.5 Å². The van der Waals surface area contributed by atoms with Gasteiger partial charge in [-0.25, -0.2) is 8.42 Å². The van der Waals surface area contributed by atoms with Gasteiger partial charge in [-0.1, -0.05) is 11.2 Å². The van der Waals surface area contributed by atoms with E-state index in [9.17, 15) is 13.2 Å². The van der Waals surface area contributed by atoms with Crippen molar-refractivity contribution in [3.05, 3.63) is 62.9 Å². The molecule has 1 fully saturated rings. The summed E-state index contributed by atoms with van der Waals surface area (Å²) in [4.78, 5) is 20.3. The van der Waals surface area contributed by atoms with Crippen molar-refractivity contribution in [1.82, 2.24) is 24.7 Å². The lowest BCUT2D eigenvalue weighted by Crippen LogP contribution is -2.38. The first-order valence-electron chi connectivity index (χ1n) is 11.2. The second-order valence-electron chi connectivity index (χ2n) is 8.82. The summed E-state index contributed by atoms with van der Waals surface area (Å²) in [6, 6.07) is 7.06. The number of pyridine rings is 1. The van der Waals surface area contributed by atoms with Crippen LogP contribution in [0.4, 0.5) is 0 Å². The minimum absolute atomic E-state index is 0.0455. The van der Waals surface area contributed by atoms with Gasteiger partial charge in [0.15, 0.2) is 0 Å². The minimum Gasteiger partial charge on any atom is -0.339 e. The molecular formula is C23H27N5O4S. The Kier molecular flexibility index (Phi) is 5.67. The van der Waals surface area contributed by atoms with E-state index in [2.05, 4.69) is 20.4 Å². The van der Waals surface area contributed by atoms with Crippen LogP contribution in [0.2, 0.25) is 0 Å². The molecule has 174 valence electrons. The van der Waals surface area contributed by atoms with E-state index in [0.717, 1.165) is 35.3 Å². The van der Waals surface area contributed by atoms with Crippen LogP contribution in [0, 0.1) is 13.8 Å². The predicted octanol–water partition coefficient (Wildman–Crippen LogP) is 2.26. The highest BCUT2D eigenvalue weighted by molar-refractivity contribution is 7.89. The number of aromatic nitrogens is 3. The molecule has 0 aliphatic carbocycles. The number of hydrogen-bond acceptors (Lipinski definition) is 7. The van der Waals surface area contributed by atoms with Crippen molar-refractivity contribution in [2.24, 2.45) is 0 Å². The first-order chi connectivity index (χ1) is 15.8. The molecule has 1 aromatic carbocycles. The van der Waals surface area contributed by atoms with Gasteiger partial charge in [0.05, 0.1) is 10.5 Å². The molecule has 1 saturated heterocycles. The number of aromatic amines is 1. The third kappa shape index (κ3) is 4.14. The summed E-state index contributed by atoms with van der Waals surface area (Å²) in [7, 11) is -3.54. The molecule has 2 aromatic heterocycles. The molecule has 2 aliphatic heterocycles. The van der Waals surface area contributed by atoms with Crippen LogP contribution in [-0.2, 0) is 23.0 Å². The van der Waals surface area contributed by atoms with Crippen molar-refractivity contribution in [3.8, 4) is 11.4 Å². The molecule has 5 rings (SSSR count). The predicted molar refractivity (Wildman–Crippen MR) is 122 cm³/mol. The van der Waals surface area contributed by atoms with Crippen LogP contribution < -0.4 is 10.9 Å². The van der Waals surface area contributed by atoms with Gasteiger partial charge in [-0.05, 0) is 61.6 Å². The monoisotopic (exact) mass is 469 g/mol. The molecule has 0 saturated carbocycles. The minimum atomic E-state index is -3.54.